The first kappa shape index (κ1) is 22.0. The van der Waals surface area contributed by atoms with Crippen LogP contribution in [0.2, 0.25) is 0 Å². The summed E-state index contributed by atoms with van der Waals surface area (Å²) in [5.74, 6) is 0.913. The average Bonchev–Trinajstić information content (AvgIpc) is 3.28. The van der Waals surface area contributed by atoms with Gasteiger partial charge in [-0.1, -0.05) is 54.5 Å². The summed E-state index contributed by atoms with van der Waals surface area (Å²) in [5.41, 5.74) is 8.37. The zero-order chi connectivity index (χ0) is 22.5. The third kappa shape index (κ3) is 4.98. The molecule has 3 aromatic rings. The maximum absolute atomic E-state index is 14.8. The van der Waals surface area contributed by atoms with Gasteiger partial charge in [-0.2, -0.15) is 4.99 Å². The molecule has 0 spiro atoms. The van der Waals surface area contributed by atoms with Gasteiger partial charge in [-0.05, 0) is 17.2 Å². The molecular formula is C24H28FN5O2. The lowest BCUT2D eigenvalue weighted by Gasteiger charge is -2.34. The van der Waals surface area contributed by atoms with E-state index in [4.69, 9.17) is 15.4 Å². The summed E-state index contributed by atoms with van der Waals surface area (Å²) in [7, 11) is 0. The Hall–Kier alpha value is -3.23. The number of halogens is 1. The molecule has 8 heteroatoms. The number of nitrogens with two attached hydrogens (primary N) is 1. The van der Waals surface area contributed by atoms with Crippen LogP contribution in [0, 0.1) is 5.82 Å². The van der Waals surface area contributed by atoms with Gasteiger partial charge >= 0.3 is 0 Å². The van der Waals surface area contributed by atoms with Crippen molar-refractivity contribution in [2.24, 2.45) is 10.7 Å². The lowest BCUT2D eigenvalue weighted by molar-refractivity contribution is 0.146. The predicted octanol–water partition coefficient (Wildman–Crippen LogP) is 3.19. The fraction of sp³-hybridized carbons (Fsp3) is 0.333. The van der Waals surface area contributed by atoms with E-state index in [-0.39, 0.29) is 18.3 Å². The second-order valence-corrected chi connectivity index (χ2v) is 7.94. The lowest BCUT2D eigenvalue weighted by Crippen LogP contribution is -2.51. The van der Waals surface area contributed by atoms with Crippen LogP contribution < -0.4 is 5.73 Å². The third-order valence-corrected chi connectivity index (χ3v) is 5.86. The number of aliphatic imine (C=N–C) groups is 1. The summed E-state index contributed by atoms with van der Waals surface area (Å²) < 4.78 is 20.2. The van der Waals surface area contributed by atoms with Crippen molar-refractivity contribution in [2.75, 3.05) is 39.3 Å². The Morgan fingerprint density at radius 1 is 1.16 bits per heavy atom. The van der Waals surface area contributed by atoms with Gasteiger partial charge in [0.2, 0.25) is 0 Å². The molecule has 1 saturated heterocycles. The van der Waals surface area contributed by atoms with Crippen LogP contribution in [-0.2, 0) is 0 Å². The SMILES string of the molecule is CC(c1ccc(-c2ccccc2)c(F)c1)c1cc(/N=C(/N)N2CCN(CCO)CC2)no1. The molecule has 1 aliphatic heterocycles. The highest BCUT2D eigenvalue weighted by Crippen LogP contribution is 2.30. The van der Waals surface area contributed by atoms with Gasteiger partial charge < -0.3 is 20.3 Å². The van der Waals surface area contributed by atoms with E-state index in [0.717, 1.165) is 37.3 Å². The monoisotopic (exact) mass is 437 g/mol. The average molecular weight is 438 g/mol. The van der Waals surface area contributed by atoms with E-state index < -0.39 is 0 Å². The summed E-state index contributed by atoms with van der Waals surface area (Å²) in [4.78, 5) is 8.57. The van der Waals surface area contributed by atoms with Crippen LogP contribution in [0.15, 0.2) is 64.1 Å². The Labute approximate surface area is 187 Å². The largest absolute Gasteiger partial charge is 0.395 e. The molecule has 0 bridgehead atoms. The Morgan fingerprint density at radius 2 is 1.91 bits per heavy atom. The van der Waals surface area contributed by atoms with Gasteiger partial charge in [-0.15, -0.1) is 0 Å². The molecule has 3 N–H and O–H groups in total. The van der Waals surface area contributed by atoms with Gasteiger partial charge in [-0.25, -0.2) is 4.39 Å². The van der Waals surface area contributed by atoms with Crippen LogP contribution in [0.5, 0.6) is 0 Å². The van der Waals surface area contributed by atoms with E-state index in [2.05, 4.69) is 15.0 Å². The fourth-order valence-electron chi connectivity index (χ4n) is 3.88. The molecule has 168 valence electrons. The second-order valence-electron chi connectivity index (χ2n) is 7.94. The molecule has 7 nitrogen and oxygen atoms in total. The number of hydrogen-bond donors (Lipinski definition) is 2. The van der Waals surface area contributed by atoms with Crippen LogP contribution in [0.1, 0.15) is 24.2 Å². The first-order chi connectivity index (χ1) is 15.5. The first-order valence-corrected chi connectivity index (χ1v) is 10.8. The molecule has 1 atom stereocenters. The van der Waals surface area contributed by atoms with Crippen LogP contribution in [0.4, 0.5) is 10.2 Å². The molecule has 1 unspecified atom stereocenters. The maximum atomic E-state index is 14.8. The minimum Gasteiger partial charge on any atom is -0.395 e. The van der Waals surface area contributed by atoms with E-state index in [1.165, 1.54) is 0 Å². The van der Waals surface area contributed by atoms with E-state index in [1.807, 2.05) is 48.2 Å². The number of aromatic nitrogens is 1. The predicted molar refractivity (Wildman–Crippen MR) is 122 cm³/mol. The van der Waals surface area contributed by atoms with Crippen LogP contribution in [-0.4, -0.2) is 65.4 Å². The fourth-order valence-corrected chi connectivity index (χ4v) is 3.88. The highest BCUT2D eigenvalue weighted by molar-refractivity contribution is 5.80. The standard InChI is InChI=1S/C24H28FN5O2/c1-17(19-7-8-20(21(25)15-19)18-5-3-2-4-6-18)22-16-23(28-32-22)27-24(26)30-11-9-29(10-12-30)13-14-31/h2-8,15-17,31H,9-14H2,1H3,(H2,26,27,28). The number of aliphatic hydroxyl groups is 1. The van der Waals surface area contributed by atoms with Crippen LogP contribution in [0.3, 0.4) is 0 Å². The summed E-state index contributed by atoms with van der Waals surface area (Å²) in [6.45, 7) is 5.89. The molecule has 32 heavy (non-hydrogen) atoms. The molecule has 1 fully saturated rings. The van der Waals surface area contributed by atoms with E-state index in [1.54, 1.807) is 18.2 Å². The van der Waals surface area contributed by atoms with Crippen molar-refractivity contribution in [3.8, 4) is 11.1 Å². The van der Waals surface area contributed by atoms with Gasteiger partial charge in [-0.3, -0.25) is 4.90 Å². The van der Waals surface area contributed by atoms with Gasteiger partial charge in [0.05, 0.1) is 6.61 Å². The van der Waals surface area contributed by atoms with Crippen LogP contribution >= 0.6 is 0 Å². The topological polar surface area (TPSA) is 91.1 Å². The minimum absolute atomic E-state index is 0.155. The van der Waals surface area contributed by atoms with Crippen molar-refractivity contribution >= 4 is 11.8 Å². The van der Waals surface area contributed by atoms with E-state index in [9.17, 15) is 4.39 Å². The summed E-state index contributed by atoms with van der Waals surface area (Å²) in [6, 6.07) is 16.4. The van der Waals surface area contributed by atoms with Crippen LogP contribution in [0.25, 0.3) is 11.1 Å². The minimum atomic E-state index is -0.275. The number of hydrogen-bond acceptors (Lipinski definition) is 5. The Morgan fingerprint density at radius 3 is 2.59 bits per heavy atom. The highest BCUT2D eigenvalue weighted by Gasteiger charge is 2.20. The second kappa shape index (κ2) is 9.93. The lowest BCUT2D eigenvalue weighted by atomic mass is 9.95. The maximum Gasteiger partial charge on any atom is 0.198 e. The molecule has 2 heterocycles. The third-order valence-electron chi connectivity index (χ3n) is 5.86. The van der Waals surface area contributed by atoms with Crippen molar-refractivity contribution in [2.45, 2.75) is 12.8 Å². The molecule has 0 radical (unpaired) electrons. The molecule has 0 amide bonds. The number of piperazine rings is 1. The molecule has 4 rings (SSSR count). The number of nitrogens with zero attached hydrogens (tertiary/aromatic N) is 4. The van der Waals surface area contributed by atoms with Crippen molar-refractivity contribution in [3.05, 3.63) is 71.7 Å². The Bertz CT molecular complexity index is 1060. The quantitative estimate of drug-likeness (QED) is 0.455. The highest BCUT2D eigenvalue weighted by atomic mass is 19.1. The van der Waals surface area contributed by atoms with Gasteiger partial charge in [0.25, 0.3) is 0 Å². The zero-order valence-electron chi connectivity index (χ0n) is 18.1. The summed E-state index contributed by atoms with van der Waals surface area (Å²) in [5, 5.41) is 13.1. The van der Waals surface area contributed by atoms with E-state index in [0.29, 0.717) is 29.6 Å². The van der Waals surface area contributed by atoms with Crippen molar-refractivity contribution in [1.82, 2.24) is 15.0 Å². The summed E-state index contributed by atoms with van der Waals surface area (Å²) in [6.07, 6.45) is 0. The number of aliphatic hydroxyl groups excluding tert-OH is 1. The number of benzene rings is 2. The Kier molecular flexibility index (Phi) is 6.82. The molecule has 0 aliphatic carbocycles. The molecule has 2 aromatic carbocycles. The van der Waals surface area contributed by atoms with Crippen molar-refractivity contribution in [1.29, 1.82) is 0 Å². The van der Waals surface area contributed by atoms with Gasteiger partial charge in [0.15, 0.2) is 11.8 Å². The van der Waals surface area contributed by atoms with Gasteiger partial charge in [0, 0.05) is 50.3 Å². The van der Waals surface area contributed by atoms with E-state index >= 15 is 0 Å². The normalized spacial score (nSPS) is 16.3. The smallest absolute Gasteiger partial charge is 0.198 e. The first-order valence-electron chi connectivity index (χ1n) is 10.8. The number of rotatable bonds is 6. The molecule has 1 aromatic heterocycles. The molecule has 0 saturated carbocycles. The van der Waals surface area contributed by atoms with Gasteiger partial charge in [0.1, 0.15) is 11.6 Å². The van der Waals surface area contributed by atoms with Crippen molar-refractivity contribution in [3.63, 3.8) is 0 Å². The number of guanidine groups is 1. The molecular weight excluding hydrogens is 409 g/mol. The Balaban J connectivity index is 1.44. The molecule has 1 aliphatic rings. The zero-order valence-corrected chi connectivity index (χ0v) is 18.1. The van der Waals surface area contributed by atoms with Crippen molar-refractivity contribution < 1.29 is 14.0 Å². The number of β-amino-alcohol motifs (C(OH)–C–C–N with tert-alkyl or cyclic N) is 1. The summed E-state index contributed by atoms with van der Waals surface area (Å²) >= 11 is 0.